The molecule has 0 unspecified atom stereocenters. The Kier molecular flexibility index (Phi) is 16.4. The molecule has 0 fully saturated rings. The molecular formula is H6LiO4PSSi. The molecule has 0 heterocycles. The van der Waals surface area contributed by atoms with Gasteiger partial charge < -0.3 is 16.1 Å². The monoisotopic (exact) mass is 168 g/mol. The summed E-state index contributed by atoms with van der Waals surface area (Å²) in [5.41, 5.74) is 0. The van der Waals surface area contributed by atoms with Crippen LogP contribution in [0, 0.1) is 0 Å². The molecule has 0 rings (SSSR count). The standard InChI is InChI=1S/Li.H3O4P.H2SSi.H/c;1-5(2,3)4;1-2;/h;(H3,1,2,3,4);2H2;/q+1;;;-1. The van der Waals surface area contributed by atoms with Crippen LogP contribution in [0.25, 0.3) is 0 Å². The number of hydrogen-bond acceptors (Lipinski definition) is 2. The number of phosphoric acid groups is 1. The Hall–Kier alpha value is 1.14. The molecule has 0 aromatic rings. The van der Waals surface area contributed by atoms with Crippen molar-refractivity contribution in [2.75, 3.05) is 0 Å². The normalized spacial score (nSPS) is 7.88. The fourth-order valence-corrected chi connectivity index (χ4v) is 0. The van der Waals surface area contributed by atoms with E-state index in [0.29, 0.717) is 0 Å². The zero-order chi connectivity index (χ0) is 6.50. The molecule has 0 aliphatic rings. The van der Waals surface area contributed by atoms with E-state index < -0.39 is 7.82 Å². The van der Waals surface area contributed by atoms with Gasteiger partial charge in [-0.15, -0.1) is 11.6 Å². The van der Waals surface area contributed by atoms with Gasteiger partial charge in [0.25, 0.3) is 0 Å². The van der Waals surface area contributed by atoms with E-state index in [1.165, 1.54) is 8.95 Å². The number of hydrogen-bond donors (Lipinski definition) is 3. The van der Waals surface area contributed by atoms with E-state index in [1.54, 1.807) is 0 Å². The summed E-state index contributed by atoms with van der Waals surface area (Å²) in [5, 5.41) is 0. The van der Waals surface area contributed by atoms with E-state index >= 15 is 0 Å². The fourth-order valence-electron chi connectivity index (χ4n) is 0. The molecule has 0 aliphatic carbocycles. The third kappa shape index (κ3) is 206. The van der Waals surface area contributed by atoms with Crippen molar-refractivity contribution in [3.63, 3.8) is 0 Å². The Balaban J connectivity index is -0.0000000286. The van der Waals surface area contributed by atoms with Crippen LogP contribution >= 0.6 is 19.4 Å². The maximum Gasteiger partial charge on any atom is 1.00 e. The first kappa shape index (κ1) is 16.1. The van der Waals surface area contributed by atoms with E-state index in [2.05, 4.69) is 11.6 Å². The van der Waals surface area contributed by atoms with Gasteiger partial charge in [-0.05, 0) is 0 Å². The third-order valence-electron chi connectivity index (χ3n) is 0. The van der Waals surface area contributed by atoms with Gasteiger partial charge in [-0.1, -0.05) is 0 Å². The van der Waals surface area contributed by atoms with E-state index in [0.717, 1.165) is 0 Å². The van der Waals surface area contributed by atoms with Crippen molar-refractivity contribution in [1.29, 1.82) is 0 Å². The Morgan fingerprint density at radius 1 is 1.38 bits per heavy atom. The Bertz CT molecular complexity index is 76.4. The van der Waals surface area contributed by atoms with E-state index in [9.17, 15) is 0 Å². The Labute approximate surface area is 68.2 Å². The van der Waals surface area contributed by atoms with Crippen LogP contribution in [0.2, 0.25) is 0 Å². The first-order valence-electron chi connectivity index (χ1n) is 1.07. The Morgan fingerprint density at radius 2 is 1.38 bits per heavy atom. The second kappa shape index (κ2) is 8.14. The molecule has 0 saturated heterocycles. The van der Waals surface area contributed by atoms with Gasteiger partial charge in [-0.2, -0.15) is 0 Å². The molecule has 0 saturated carbocycles. The van der Waals surface area contributed by atoms with Gasteiger partial charge in [0.1, 0.15) is 0 Å². The summed E-state index contributed by atoms with van der Waals surface area (Å²) in [7, 11) is -3.19. The molecule has 0 aliphatic heterocycles. The van der Waals surface area contributed by atoms with Crippen molar-refractivity contribution < 1.29 is 39.5 Å². The molecule has 3 N–H and O–H groups in total. The topological polar surface area (TPSA) is 77.8 Å². The molecule has 0 aromatic carbocycles. The maximum atomic E-state index is 8.88. The zero-order valence-corrected chi connectivity index (χ0v) is 7.44. The van der Waals surface area contributed by atoms with Crippen LogP contribution < -0.4 is 18.9 Å². The minimum atomic E-state index is -4.64. The van der Waals surface area contributed by atoms with Crippen LogP contribution in [0.4, 0.5) is 0 Å². The molecular weight excluding hydrogens is 162 g/mol. The molecule has 0 aromatic heterocycles. The minimum Gasteiger partial charge on any atom is -1.00 e. The summed E-state index contributed by atoms with van der Waals surface area (Å²) >= 11 is 4.11. The quantitative estimate of drug-likeness (QED) is 0.253. The smallest absolute Gasteiger partial charge is 1.00 e. The van der Waals surface area contributed by atoms with E-state index in [1.807, 2.05) is 0 Å². The van der Waals surface area contributed by atoms with Gasteiger partial charge in [-0.25, -0.2) is 4.57 Å². The van der Waals surface area contributed by atoms with Crippen LogP contribution in [-0.4, -0.2) is 23.6 Å². The van der Waals surface area contributed by atoms with Gasteiger partial charge >= 0.3 is 26.7 Å². The summed E-state index contributed by atoms with van der Waals surface area (Å²) in [6.45, 7) is 0. The predicted molar refractivity (Wildman–Crippen MR) is 31.5 cm³/mol. The van der Waals surface area contributed by atoms with Crippen molar-refractivity contribution in [3.8, 4) is 0 Å². The van der Waals surface area contributed by atoms with E-state index in [4.69, 9.17) is 19.2 Å². The molecule has 46 valence electrons. The van der Waals surface area contributed by atoms with Crippen LogP contribution in [0.1, 0.15) is 1.43 Å². The van der Waals surface area contributed by atoms with E-state index in [-0.39, 0.29) is 20.3 Å². The summed E-state index contributed by atoms with van der Waals surface area (Å²) in [4.78, 5) is 21.6. The predicted octanol–water partition coefficient (Wildman–Crippen LogP) is -4.08. The zero-order valence-electron chi connectivity index (χ0n) is 5.31. The summed E-state index contributed by atoms with van der Waals surface area (Å²) in [6, 6.07) is 0. The van der Waals surface area contributed by atoms with Crippen molar-refractivity contribution in [1.82, 2.24) is 0 Å². The molecule has 8 heavy (non-hydrogen) atoms. The van der Waals surface area contributed by atoms with Gasteiger partial charge in [-0.3, -0.25) is 0 Å². The van der Waals surface area contributed by atoms with Gasteiger partial charge in [0.05, 0.1) is 8.95 Å². The molecule has 0 atom stereocenters. The number of rotatable bonds is 0. The molecule has 0 bridgehead atoms. The van der Waals surface area contributed by atoms with Gasteiger partial charge in [0.15, 0.2) is 0 Å². The summed E-state index contributed by atoms with van der Waals surface area (Å²) in [5.74, 6) is 0. The average Bonchev–Trinajstić information content (AvgIpc) is 1.36. The molecule has 4 nitrogen and oxygen atoms in total. The van der Waals surface area contributed by atoms with Gasteiger partial charge in [0, 0.05) is 0 Å². The van der Waals surface area contributed by atoms with Crippen LogP contribution in [-0.2, 0) is 4.57 Å². The van der Waals surface area contributed by atoms with Crippen LogP contribution in [0.3, 0.4) is 0 Å². The Morgan fingerprint density at radius 3 is 1.38 bits per heavy atom. The van der Waals surface area contributed by atoms with Crippen molar-refractivity contribution in [2.45, 2.75) is 0 Å². The maximum absolute atomic E-state index is 8.88. The van der Waals surface area contributed by atoms with Crippen molar-refractivity contribution in [2.24, 2.45) is 0 Å². The average molecular weight is 168 g/mol. The summed E-state index contributed by atoms with van der Waals surface area (Å²) in [6.07, 6.45) is 0. The molecule has 0 spiro atoms. The van der Waals surface area contributed by atoms with Crippen LogP contribution in [0.15, 0.2) is 0 Å². The van der Waals surface area contributed by atoms with Crippen LogP contribution in [0.5, 0.6) is 0 Å². The van der Waals surface area contributed by atoms with Gasteiger partial charge in [0.2, 0.25) is 0 Å². The fraction of sp³-hybridized carbons (Fsp3) is 0. The minimum absolute atomic E-state index is 0. The molecule has 0 amide bonds. The van der Waals surface area contributed by atoms with Crippen molar-refractivity contribution in [3.05, 3.63) is 0 Å². The second-order valence-corrected chi connectivity index (χ2v) is 1.54. The molecule has 0 radical (unpaired) electrons. The molecule has 8 heteroatoms. The van der Waals surface area contributed by atoms with Crippen molar-refractivity contribution >= 4 is 28.4 Å². The SMILES string of the molecule is O=P(O)(O)O.[H-].[Li+].[SiH2]=S. The third-order valence-corrected chi connectivity index (χ3v) is 0. The first-order chi connectivity index (χ1) is 3.00. The summed E-state index contributed by atoms with van der Waals surface area (Å²) < 4.78 is 8.88. The second-order valence-electron chi connectivity index (χ2n) is 0.513. The first-order valence-corrected chi connectivity index (χ1v) is 4.95. The largest absolute Gasteiger partial charge is 1.00 e.